The molecule has 1 amide bonds. The minimum atomic E-state index is -0.0185. The Kier molecular flexibility index (Phi) is 9.45. The topological polar surface area (TPSA) is 70.2 Å². The molecule has 2 N–H and O–H groups in total. The minimum Gasteiger partial charge on any atom is -0.492 e. The molecule has 3 aromatic carbocycles. The number of carbonyl (C=O) groups excluding carboxylic acids is 1. The second-order valence-electron chi connectivity index (χ2n) is 9.85. The van der Waals surface area contributed by atoms with Crippen molar-refractivity contribution in [2.45, 2.75) is 13.3 Å². The van der Waals surface area contributed by atoms with Gasteiger partial charge in [-0.15, -0.1) is 0 Å². The zero-order valence-corrected chi connectivity index (χ0v) is 23.5. The Balaban J connectivity index is 1.55. The molecule has 0 aliphatic carbocycles. The highest BCUT2D eigenvalue weighted by molar-refractivity contribution is 6.37. The summed E-state index contributed by atoms with van der Waals surface area (Å²) in [4.78, 5) is 13.1. The molecule has 0 bridgehead atoms. The molecule has 0 aliphatic rings. The Morgan fingerprint density at radius 2 is 1.69 bits per heavy atom. The van der Waals surface area contributed by atoms with Crippen LogP contribution < -0.4 is 21.1 Å². The van der Waals surface area contributed by atoms with E-state index in [-0.39, 0.29) is 5.91 Å². The molecular weight excluding hydrogens is 482 g/mol. The summed E-state index contributed by atoms with van der Waals surface area (Å²) in [6.45, 7) is 4.06. The number of hydrogen-bond donors (Lipinski definition) is 2. The molecule has 1 aromatic heterocycles. The number of fused-ring (bicyclic) bond motifs is 1. The molecule has 0 saturated carbocycles. The number of carbonyl (C=O) groups is 1. The number of H-pyrrole nitrogens is 1. The van der Waals surface area contributed by atoms with Crippen LogP contribution in [0.15, 0.2) is 78.9 Å². The maximum absolute atomic E-state index is 11.6. The van der Waals surface area contributed by atoms with Crippen LogP contribution in [-0.2, 0) is 4.79 Å². The predicted molar refractivity (Wildman–Crippen MR) is 168 cm³/mol. The third-order valence-electron chi connectivity index (χ3n) is 6.75. The minimum absolute atomic E-state index is 0.0185. The van der Waals surface area contributed by atoms with E-state index in [2.05, 4.69) is 84.9 Å². The van der Waals surface area contributed by atoms with E-state index in [9.17, 15) is 4.79 Å². The number of ether oxygens (including phenoxy) is 1. The van der Waals surface area contributed by atoms with Crippen LogP contribution in [0.5, 0.6) is 5.75 Å². The normalized spacial score (nSPS) is 12.1. The smallest absolute Gasteiger partial charge is 0.245 e. The quantitative estimate of drug-likeness (QED) is 0.138. The summed E-state index contributed by atoms with van der Waals surface area (Å²) in [5, 5.41) is 11.9. The van der Waals surface area contributed by atoms with Gasteiger partial charge < -0.3 is 15.0 Å². The molecule has 39 heavy (non-hydrogen) atoms. The summed E-state index contributed by atoms with van der Waals surface area (Å²) in [6.07, 6.45) is 4.30. The number of amides is 1. The molecule has 6 nitrogen and oxygen atoms in total. The number of hydrogen-bond acceptors (Lipinski definition) is 4. The monoisotopic (exact) mass is 518 g/mol. The number of rotatable bonds is 11. The van der Waals surface area contributed by atoms with Crippen molar-refractivity contribution < 1.29 is 9.53 Å². The van der Waals surface area contributed by atoms with Crippen molar-refractivity contribution in [1.29, 1.82) is 0 Å². The molecule has 0 atom stereocenters. The number of nitrogens with one attached hydrogen (secondary N) is 2. The van der Waals surface area contributed by atoms with Crippen molar-refractivity contribution in [3.8, 4) is 5.75 Å². The fraction of sp³-hybridized carbons (Fsp3) is 0.226. The number of nitrogens with zero attached hydrogens (tertiary/aromatic N) is 2. The SMILES string of the molecule is Bc1ccc(/C(CC)=C(\c2ccc(OCCNC/C=C/C(=O)N(C)C)cc2)c2ccc3[nH]nc(B)c3c2)cc1. The first-order valence-corrected chi connectivity index (χ1v) is 13.4. The lowest BCUT2D eigenvalue weighted by atomic mass is 9.86. The average Bonchev–Trinajstić information content (AvgIpc) is 3.31. The zero-order chi connectivity index (χ0) is 27.8. The molecule has 4 rings (SSSR count). The van der Waals surface area contributed by atoms with Crippen LogP contribution in [0, 0.1) is 0 Å². The predicted octanol–water partition coefficient (Wildman–Crippen LogP) is 2.06. The zero-order valence-electron chi connectivity index (χ0n) is 23.5. The van der Waals surface area contributed by atoms with Gasteiger partial charge >= 0.3 is 0 Å². The van der Waals surface area contributed by atoms with Gasteiger partial charge in [-0.2, -0.15) is 5.10 Å². The molecular formula is C31H36B2N4O2. The molecule has 0 unspecified atom stereocenters. The highest BCUT2D eigenvalue weighted by atomic mass is 16.5. The number of benzene rings is 3. The van der Waals surface area contributed by atoms with Crippen molar-refractivity contribution >= 4 is 54.7 Å². The summed E-state index contributed by atoms with van der Waals surface area (Å²) >= 11 is 0. The van der Waals surface area contributed by atoms with Gasteiger partial charge in [0, 0.05) is 44.2 Å². The number of aromatic amines is 1. The summed E-state index contributed by atoms with van der Waals surface area (Å²) in [6, 6.07) is 23.7. The number of allylic oxidation sites excluding steroid dienone is 1. The summed E-state index contributed by atoms with van der Waals surface area (Å²) in [5.74, 6) is 0.808. The van der Waals surface area contributed by atoms with Crippen molar-refractivity contribution in [2.75, 3.05) is 33.8 Å². The number of aromatic nitrogens is 2. The van der Waals surface area contributed by atoms with Gasteiger partial charge in [-0.1, -0.05) is 60.9 Å². The Morgan fingerprint density at radius 1 is 1.00 bits per heavy atom. The molecule has 0 fully saturated rings. The molecule has 0 radical (unpaired) electrons. The first kappa shape index (κ1) is 28.0. The average molecular weight is 518 g/mol. The molecule has 8 heteroatoms. The largest absolute Gasteiger partial charge is 0.492 e. The maximum Gasteiger partial charge on any atom is 0.245 e. The Bertz CT molecular complexity index is 1470. The summed E-state index contributed by atoms with van der Waals surface area (Å²) in [5.41, 5.74) is 9.36. The fourth-order valence-electron chi connectivity index (χ4n) is 4.55. The van der Waals surface area contributed by atoms with E-state index in [0.717, 1.165) is 34.2 Å². The van der Waals surface area contributed by atoms with E-state index >= 15 is 0 Å². The third kappa shape index (κ3) is 7.09. The van der Waals surface area contributed by atoms with Crippen LogP contribution in [0.2, 0.25) is 0 Å². The highest BCUT2D eigenvalue weighted by Crippen LogP contribution is 2.35. The Hall–Kier alpha value is -4.03. The molecule has 198 valence electrons. The Labute approximate surface area is 233 Å². The van der Waals surface area contributed by atoms with Gasteiger partial charge in [-0.25, -0.2) is 0 Å². The highest BCUT2D eigenvalue weighted by Gasteiger charge is 2.15. The lowest BCUT2D eigenvalue weighted by Crippen LogP contribution is -2.22. The maximum atomic E-state index is 11.6. The Morgan fingerprint density at radius 3 is 2.38 bits per heavy atom. The second-order valence-corrected chi connectivity index (χ2v) is 9.85. The summed E-state index contributed by atoms with van der Waals surface area (Å²) < 4.78 is 5.97. The first-order valence-electron chi connectivity index (χ1n) is 13.4. The molecule has 1 heterocycles. The molecule has 0 spiro atoms. The van der Waals surface area contributed by atoms with E-state index in [1.165, 1.54) is 27.7 Å². The van der Waals surface area contributed by atoms with Gasteiger partial charge in [0.2, 0.25) is 5.91 Å². The first-order chi connectivity index (χ1) is 18.9. The van der Waals surface area contributed by atoms with E-state index in [1.807, 2.05) is 26.1 Å². The van der Waals surface area contributed by atoms with Gasteiger partial charge in [-0.3, -0.25) is 9.89 Å². The van der Waals surface area contributed by atoms with Crippen LogP contribution >= 0.6 is 0 Å². The van der Waals surface area contributed by atoms with Gasteiger partial charge in [0.15, 0.2) is 7.85 Å². The van der Waals surface area contributed by atoms with E-state index in [0.29, 0.717) is 19.7 Å². The lowest BCUT2D eigenvalue weighted by molar-refractivity contribution is -0.123. The van der Waals surface area contributed by atoms with Crippen molar-refractivity contribution in [2.24, 2.45) is 0 Å². The lowest BCUT2D eigenvalue weighted by Gasteiger charge is -2.17. The second kappa shape index (κ2) is 13.2. The number of likely N-dealkylation sites (N-methyl/N-ethyl adjacent to an activating group) is 1. The molecule has 0 saturated heterocycles. The van der Waals surface area contributed by atoms with E-state index in [1.54, 1.807) is 25.1 Å². The van der Waals surface area contributed by atoms with Crippen molar-refractivity contribution in [1.82, 2.24) is 20.4 Å². The molecule has 0 aliphatic heterocycles. The van der Waals surface area contributed by atoms with E-state index < -0.39 is 0 Å². The van der Waals surface area contributed by atoms with Gasteiger partial charge in [-0.05, 0) is 58.5 Å². The van der Waals surface area contributed by atoms with Crippen LogP contribution in [0.25, 0.3) is 22.0 Å². The van der Waals surface area contributed by atoms with E-state index in [4.69, 9.17) is 4.74 Å². The van der Waals surface area contributed by atoms with Gasteiger partial charge in [0.05, 0.1) is 5.52 Å². The van der Waals surface area contributed by atoms with Crippen LogP contribution in [0.4, 0.5) is 0 Å². The van der Waals surface area contributed by atoms with Crippen molar-refractivity contribution in [3.63, 3.8) is 0 Å². The van der Waals surface area contributed by atoms with Crippen LogP contribution in [0.1, 0.15) is 30.0 Å². The standard InChI is InChI=1S/C31H36B2N4O2/c1-4-26(21-7-12-24(32)13-8-21)30(23-11-16-28-27(20-23)31(33)36-35-28)22-9-14-25(15-10-22)39-19-18-34-17-5-6-29(38)37(2)3/h5-16,20,34H,4,17-19,32-33H2,1-3H3,(H,35,36)/b6-5+,30-26+. The third-order valence-corrected chi connectivity index (χ3v) is 6.75. The molecule has 4 aromatic rings. The summed E-state index contributed by atoms with van der Waals surface area (Å²) in [7, 11) is 7.63. The van der Waals surface area contributed by atoms with Gasteiger partial charge in [0.25, 0.3) is 0 Å². The van der Waals surface area contributed by atoms with Crippen molar-refractivity contribution in [3.05, 3.63) is 95.6 Å². The van der Waals surface area contributed by atoms with Crippen LogP contribution in [0.3, 0.4) is 0 Å². The van der Waals surface area contributed by atoms with Gasteiger partial charge in [0.1, 0.15) is 20.2 Å². The van der Waals surface area contributed by atoms with Crippen LogP contribution in [-0.4, -0.2) is 70.5 Å². The fourth-order valence-corrected chi connectivity index (χ4v) is 4.55.